The number of carboxylic acid groups (broad SMARTS) is 1. The monoisotopic (exact) mass is 286 g/mol. The summed E-state index contributed by atoms with van der Waals surface area (Å²) in [5.74, 6) is -0.130. The second kappa shape index (κ2) is 9.58. The van der Waals surface area contributed by atoms with Crippen molar-refractivity contribution < 1.29 is 19.4 Å². The number of carbonyl (C=O) groups excluding carboxylic acids is 1. The summed E-state index contributed by atoms with van der Waals surface area (Å²) in [5, 5.41) is 14.2. The normalized spacial score (nSPS) is 15.7. The van der Waals surface area contributed by atoms with Gasteiger partial charge in [-0.05, 0) is 31.6 Å². The minimum absolute atomic E-state index is 0.0360. The number of hydrogen-bond acceptors (Lipinski definition) is 3. The fraction of sp³-hybridized carbons (Fsp3) is 0.857. The van der Waals surface area contributed by atoms with Crippen LogP contribution in [0.25, 0.3) is 0 Å². The van der Waals surface area contributed by atoms with Crippen molar-refractivity contribution in [1.82, 2.24) is 10.6 Å². The minimum atomic E-state index is -0.891. The van der Waals surface area contributed by atoms with Crippen molar-refractivity contribution in [3.8, 4) is 0 Å². The van der Waals surface area contributed by atoms with Gasteiger partial charge in [-0.3, -0.25) is 4.79 Å². The van der Waals surface area contributed by atoms with Gasteiger partial charge in [-0.25, -0.2) is 4.79 Å². The van der Waals surface area contributed by atoms with Gasteiger partial charge in [0.2, 0.25) is 0 Å². The largest absolute Gasteiger partial charge is 0.481 e. The minimum Gasteiger partial charge on any atom is -0.481 e. The van der Waals surface area contributed by atoms with Crippen LogP contribution >= 0.6 is 0 Å². The van der Waals surface area contributed by atoms with Gasteiger partial charge in [0.15, 0.2) is 0 Å². The predicted octanol–water partition coefficient (Wildman–Crippen LogP) is 1.75. The van der Waals surface area contributed by atoms with E-state index in [0.29, 0.717) is 19.6 Å². The average molecular weight is 286 g/mol. The van der Waals surface area contributed by atoms with Gasteiger partial charge in [-0.2, -0.15) is 0 Å². The van der Waals surface area contributed by atoms with E-state index in [4.69, 9.17) is 9.84 Å². The van der Waals surface area contributed by atoms with Crippen LogP contribution in [0.4, 0.5) is 4.79 Å². The van der Waals surface area contributed by atoms with Crippen LogP contribution in [-0.2, 0) is 9.53 Å². The number of urea groups is 1. The Balaban J connectivity index is 2.02. The lowest BCUT2D eigenvalue weighted by atomic mass is 10.1. The Morgan fingerprint density at radius 1 is 1.40 bits per heavy atom. The Morgan fingerprint density at radius 3 is 2.75 bits per heavy atom. The molecule has 0 spiro atoms. The van der Waals surface area contributed by atoms with Crippen molar-refractivity contribution in [1.29, 1.82) is 0 Å². The molecule has 0 aliphatic heterocycles. The molecule has 116 valence electrons. The first-order valence-electron chi connectivity index (χ1n) is 7.45. The smallest absolute Gasteiger partial charge is 0.315 e. The molecule has 1 saturated carbocycles. The lowest BCUT2D eigenvalue weighted by molar-refractivity contribution is -0.137. The summed E-state index contributed by atoms with van der Waals surface area (Å²) in [4.78, 5) is 22.3. The maximum Gasteiger partial charge on any atom is 0.315 e. The van der Waals surface area contributed by atoms with Crippen molar-refractivity contribution in [2.75, 3.05) is 19.8 Å². The molecule has 0 saturated heterocycles. The Hall–Kier alpha value is -1.30. The number of nitrogens with one attached hydrogen (secondary N) is 2. The van der Waals surface area contributed by atoms with Crippen molar-refractivity contribution >= 4 is 12.0 Å². The highest BCUT2D eigenvalue weighted by molar-refractivity contribution is 5.75. The summed E-state index contributed by atoms with van der Waals surface area (Å²) >= 11 is 0. The molecule has 0 bridgehead atoms. The van der Waals surface area contributed by atoms with E-state index < -0.39 is 5.97 Å². The van der Waals surface area contributed by atoms with Crippen LogP contribution in [-0.4, -0.2) is 42.9 Å². The average Bonchev–Trinajstić information content (AvgIpc) is 3.17. The first kappa shape index (κ1) is 16.8. The summed E-state index contributed by atoms with van der Waals surface area (Å²) < 4.78 is 5.46. The highest BCUT2D eigenvalue weighted by atomic mass is 16.5. The zero-order valence-corrected chi connectivity index (χ0v) is 12.2. The van der Waals surface area contributed by atoms with Crippen molar-refractivity contribution in [2.24, 2.45) is 5.92 Å². The van der Waals surface area contributed by atoms with Crippen LogP contribution in [0.2, 0.25) is 0 Å². The van der Waals surface area contributed by atoms with Gasteiger partial charge in [0.25, 0.3) is 0 Å². The van der Waals surface area contributed by atoms with Crippen LogP contribution < -0.4 is 10.6 Å². The molecule has 2 amide bonds. The maximum atomic E-state index is 11.6. The quantitative estimate of drug-likeness (QED) is 0.505. The maximum absolute atomic E-state index is 11.6. The number of ether oxygens (including phenoxy) is 1. The number of carbonyl (C=O) groups is 2. The molecule has 0 aromatic heterocycles. The molecule has 0 heterocycles. The van der Waals surface area contributed by atoms with Gasteiger partial charge in [0.1, 0.15) is 0 Å². The Kier molecular flexibility index (Phi) is 8.02. The van der Waals surface area contributed by atoms with Crippen LogP contribution in [0.3, 0.4) is 0 Å². The third-order valence-corrected chi connectivity index (χ3v) is 3.19. The molecule has 1 aliphatic carbocycles. The number of carboxylic acids is 1. The second-order valence-electron chi connectivity index (χ2n) is 5.36. The van der Waals surface area contributed by atoms with Crippen LogP contribution in [0.15, 0.2) is 0 Å². The fourth-order valence-corrected chi connectivity index (χ4v) is 1.93. The molecular formula is C14H26N2O4. The summed E-state index contributed by atoms with van der Waals surface area (Å²) in [6.07, 6.45) is 4.81. The summed E-state index contributed by atoms with van der Waals surface area (Å²) in [6.45, 7) is 4.00. The topological polar surface area (TPSA) is 87.7 Å². The van der Waals surface area contributed by atoms with Gasteiger partial charge >= 0.3 is 12.0 Å². The zero-order chi connectivity index (χ0) is 14.8. The van der Waals surface area contributed by atoms with E-state index in [1.807, 2.05) is 6.92 Å². The van der Waals surface area contributed by atoms with E-state index in [-0.39, 0.29) is 18.5 Å². The van der Waals surface area contributed by atoms with Gasteiger partial charge in [-0.15, -0.1) is 0 Å². The van der Waals surface area contributed by atoms with Gasteiger partial charge < -0.3 is 20.5 Å². The van der Waals surface area contributed by atoms with Crippen LogP contribution in [0, 0.1) is 5.92 Å². The van der Waals surface area contributed by atoms with Crippen LogP contribution in [0.1, 0.15) is 45.4 Å². The van der Waals surface area contributed by atoms with E-state index in [0.717, 1.165) is 25.4 Å². The van der Waals surface area contributed by atoms with E-state index in [1.54, 1.807) is 0 Å². The standard InChI is InChI=1S/C14H26N2O4/c1-2-4-12(9-13(17)18)16-14(19)15-7-3-8-20-10-11-5-6-11/h11-12H,2-10H2,1H3,(H,17,18)(H2,15,16,19). The summed E-state index contributed by atoms with van der Waals surface area (Å²) in [5.41, 5.74) is 0. The van der Waals surface area contributed by atoms with Gasteiger partial charge in [-0.1, -0.05) is 13.3 Å². The number of amides is 2. The Morgan fingerprint density at radius 2 is 2.15 bits per heavy atom. The SMILES string of the molecule is CCCC(CC(=O)O)NC(=O)NCCCOCC1CC1. The lowest BCUT2D eigenvalue weighted by Gasteiger charge is -2.16. The van der Waals surface area contributed by atoms with E-state index in [1.165, 1.54) is 12.8 Å². The van der Waals surface area contributed by atoms with E-state index >= 15 is 0 Å². The fourth-order valence-electron chi connectivity index (χ4n) is 1.93. The Labute approximate surface area is 120 Å². The molecule has 1 atom stereocenters. The third-order valence-electron chi connectivity index (χ3n) is 3.19. The molecular weight excluding hydrogens is 260 g/mol. The molecule has 1 aliphatic rings. The first-order valence-corrected chi connectivity index (χ1v) is 7.45. The molecule has 0 radical (unpaired) electrons. The summed E-state index contributed by atoms with van der Waals surface area (Å²) in [6, 6.07) is -0.601. The third kappa shape index (κ3) is 8.74. The lowest BCUT2D eigenvalue weighted by Crippen LogP contribution is -2.43. The zero-order valence-electron chi connectivity index (χ0n) is 12.2. The van der Waals surface area contributed by atoms with Crippen molar-refractivity contribution in [3.05, 3.63) is 0 Å². The van der Waals surface area contributed by atoms with E-state index in [9.17, 15) is 9.59 Å². The molecule has 0 aromatic carbocycles. The molecule has 6 heteroatoms. The molecule has 20 heavy (non-hydrogen) atoms. The van der Waals surface area contributed by atoms with Gasteiger partial charge in [0, 0.05) is 25.8 Å². The van der Waals surface area contributed by atoms with Gasteiger partial charge in [0.05, 0.1) is 6.42 Å². The van der Waals surface area contributed by atoms with E-state index in [2.05, 4.69) is 10.6 Å². The molecule has 1 fully saturated rings. The molecule has 1 rings (SSSR count). The molecule has 3 N–H and O–H groups in total. The van der Waals surface area contributed by atoms with Crippen LogP contribution in [0.5, 0.6) is 0 Å². The molecule has 1 unspecified atom stereocenters. The predicted molar refractivity (Wildman–Crippen MR) is 75.6 cm³/mol. The molecule has 0 aromatic rings. The highest BCUT2D eigenvalue weighted by Gasteiger charge is 2.20. The Bertz CT molecular complexity index is 306. The number of hydrogen-bond donors (Lipinski definition) is 3. The second-order valence-corrected chi connectivity index (χ2v) is 5.36. The number of aliphatic carboxylic acids is 1. The van der Waals surface area contributed by atoms with Crippen molar-refractivity contribution in [2.45, 2.75) is 51.5 Å². The van der Waals surface area contributed by atoms with Crippen molar-refractivity contribution in [3.63, 3.8) is 0 Å². The summed E-state index contributed by atoms with van der Waals surface area (Å²) in [7, 11) is 0. The molecule has 6 nitrogen and oxygen atoms in total. The highest BCUT2D eigenvalue weighted by Crippen LogP contribution is 2.28. The first-order chi connectivity index (χ1) is 9.61. The number of rotatable bonds is 11.